The Bertz CT molecular complexity index is 375. The minimum atomic E-state index is -0.446. The van der Waals surface area contributed by atoms with Crippen molar-refractivity contribution in [2.24, 2.45) is 0 Å². The second-order valence-electron chi connectivity index (χ2n) is 5.07. The van der Waals surface area contributed by atoms with Crippen LogP contribution in [0.2, 0.25) is 0 Å². The molecule has 1 aromatic heterocycles. The number of hydrogen-bond acceptors (Lipinski definition) is 4. The van der Waals surface area contributed by atoms with E-state index >= 15 is 0 Å². The van der Waals surface area contributed by atoms with Gasteiger partial charge in [-0.3, -0.25) is 0 Å². The van der Waals surface area contributed by atoms with Gasteiger partial charge in [-0.2, -0.15) is 0 Å². The average molecular weight is 237 g/mol. The molecular formula is C13H23N3O. The van der Waals surface area contributed by atoms with Gasteiger partial charge in [-0.05, 0) is 26.8 Å². The molecule has 0 saturated heterocycles. The van der Waals surface area contributed by atoms with Gasteiger partial charge < -0.3 is 10.1 Å². The van der Waals surface area contributed by atoms with Crippen molar-refractivity contribution in [3.05, 3.63) is 23.3 Å². The number of methoxy groups -OCH3 is 1. The summed E-state index contributed by atoms with van der Waals surface area (Å²) in [7, 11) is 1.68. The van der Waals surface area contributed by atoms with Crippen molar-refractivity contribution in [2.75, 3.05) is 7.11 Å². The van der Waals surface area contributed by atoms with E-state index in [1.165, 1.54) is 0 Å². The molecule has 0 saturated carbocycles. The quantitative estimate of drug-likeness (QED) is 0.852. The summed E-state index contributed by atoms with van der Waals surface area (Å²) in [6.07, 6.45) is 0. The highest BCUT2D eigenvalue weighted by molar-refractivity contribution is 5.13. The first-order valence-corrected chi connectivity index (χ1v) is 5.98. The molecule has 0 aliphatic rings. The maximum absolute atomic E-state index is 5.41. The molecule has 0 radical (unpaired) electrons. The number of hydrogen-bond donors (Lipinski definition) is 1. The Morgan fingerprint density at radius 2 is 2.00 bits per heavy atom. The van der Waals surface area contributed by atoms with Crippen LogP contribution in [0.15, 0.2) is 6.07 Å². The third-order valence-corrected chi connectivity index (χ3v) is 2.65. The van der Waals surface area contributed by atoms with Gasteiger partial charge in [-0.15, -0.1) is 0 Å². The second kappa shape index (κ2) is 5.56. The van der Waals surface area contributed by atoms with E-state index in [1.807, 2.05) is 26.8 Å². The minimum absolute atomic E-state index is 0.446. The smallest absolute Gasteiger partial charge is 0.160 e. The highest BCUT2D eigenvalue weighted by Gasteiger charge is 2.23. The Balaban J connectivity index is 2.94. The largest absolute Gasteiger partial charge is 0.371 e. The minimum Gasteiger partial charge on any atom is -0.371 e. The fraction of sp³-hybridized carbons (Fsp3) is 0.692. The van der Waals surface area contributed by atoms with Crippen LogP contribution < -0.4 is 5.32 Å². The summed E-state index contributed by atoms with van der Waals surface area (Å²) in [5.41, 5.74) is 1.53. The Hall–Kier alpha value is -1.00. The third kappa shape index (κ3) is 4.06. The molecule has 0 amide bonds. The van der Waals surface area contributed by atoms with Crippen LogP contribution in [0, 0.1) is 6.92 Å². The van der Waals surface area contributed by atoms with Crippen molar-refractivity contribution in [3.63, 3.8) is 0 Å². The van der Waals surface area contributed by atoms with E-state index in [9.17, 15) is 0 Å². The number of nitrogens with zero attached hydrogens (tertiary/aromatic N) is 2. The van der Waals surface area contributed by atoms with Gasteiger partial charge in [-0.1, -0.05) is 13.8 Å². The molecule has 4 heteroatoms. The molecule has 0 bridgehead atoms. The van der Waals surface area contributed by atoms with E-state index in [-0.39, 0.29) is 0 Å². The summed E-state index contributed by atoms with van der Waals surface area (Å²) >= 11 is 0. The van der Waals surface area contributed by atoms with Gasteiger partial charge >= 0.3 is 0 Å². The van der Waals surface area contributed by atoms with Gasteiger partial charge in [0.05, 0.1) is 5.69 Å². The van der Waals surface area contributed by atoms with Crippen molar-refractivity contribution >= 4 is 0 Å². The van der Waals surface area contributed by atoms with Crippen LogP contribution in [0.3, 0.4) is 0 Å². The van der Waals surface area contributed by atoms with Crippen molar-refractivity contribution in [2.45, 2.75) is 52.8 Å². The standard InChI is InChI=1S/C13H23N3O/c1-9(2)14-8-11-7-10(3)15-12(16-11)13(4,5)17-6/h7,9,14H,8H2,1-6H3. The van der Waals surface area contributed by atoms with E-state index in [4.69, 9.17) is 4.74 Å². The average Bonchev–Trinajstić information content (AvgIpc) is 2.25. The van der Waals surface area contributed by atoms with Gasteiger partial charge in [-0.25, -0.2) is 9.97 Å². The summed E-state index contributed by atoms with van der Waals surface area (Å²) in [6.45, 7) is 10.9. The van der Waals surface area contributed by atoms with Gasteiger partial charge in [0.1, 0.15) is 5.60 Å². The van der Waals surface area contributed by atoms with Crippen molar-refractivity contribution in [3.8, 4) is 0 Å². The first-order valence-electron chi connectivity index (χ1n) is 5.98. The second-order valence-corrected chi connectivity index (χ2v) is 5.07. The molecule has 0 unspecified atom stereocenters. The number of ether oxygens (including phenoxy) is 1. The van der Waals surface area contributed by atoms with Crippen molar-refractivity contribution in [1.82, 2.24) is 15.3 Å². The molecule has 0 atom stereocenters. The van der Waals surface area contributed by atoms with Crippen molar-refractivity contribution < 1.29 is 4.74 Å². The molecule has 96 valence electrons. The predicted molar refractivity (Wildman–Crippen MR) is 68.8 cm³/mol. The van der Waals surface area contributed by atoms with Gasteiger partial charge in [0.25, 0.3) is 0 Å². The summed E-state index contributed by atoms with van der Waals surface area (Å²) in [4.78, 5) is 8.99. The predicted octanol–water partition coefficient (Wildman–Crippen LogP) is 2.16. The third-order valence-electron chi connectivity index (χ3n) is 2.65. The van der Waals surface area contributed by atoms with E-state index in [0.717, 1.165) is 23.8 Å². The van der Waals surface area contributed by atoms with Crippen LogP contribution in [0.25, 0.3) is 0 Å². The van der Waals surface area contributed by atoms with Crippen LogP contribution in [0.4, 0.5) is 0 Å². The zero-order chi connectivity index (χ0) is 13.1. The van der Waals surface area contributed by atoms with Gasteiger partial charge in [0.15, 0.2) is 5.82 Å². The normalized spacial score (nSPS) is 12.2. The van der Waals surface area contributed by atoms with Gasteiger partial charge in [0, 0.05) is 25.4 Å². The molecule has 0 aliphatic carbocycles. The molecule has 1 N–H and O–H groups in total. The van der Waals surface area contributed by atoms with E-state index < -0.39 is 5.60 Å². The number of aromatic nitrogens is 2. The first kappa shape index (κ1) is 14.1. The molecule has 0 aliphatic heterocycles. The first-order chi connectivity index (χ1) is 7.85. The lowest BCUT2D eigenvalue weighted by molar-refractivity contribution is 0.0111. The Morgan fingerprint density at radius 3 is 2.53 bits per heavy atom. The maximum Gasteiger partial charge on any atom is 0.160 e. The highest BCUT2D eigenvalue weighted by Crippen LogP contribution is 2.20. The lowest BCUT2D eigenvalue weighted by Crippen LogP contribution is -2.26. The molecule has 1 aromatic rings. The molecule has 17 heavy (non-hydrogen) atoms. The van der Waals surface area contributed by atoms with E-state index in [0.29, 0.717) is 6.04 Å². The van der Waals surface area contributed by atoms with Crippen LogP contribution in [-0.2, 0) is 16.9 Å². The highest BCUT2D eigenvalue weighted by atomic mass is 16.5. The SMILES string of the molecule is COC(C)(C)c1nc(C)cc(CNC(C)C)n1. The molecule has 0 fully saturated rings. The lowest BCUT2D eigenvalue weighted by Gasteiger charge is -2.22. The Morgan fingerprint density at radius 1 is 1.35 bits per heavy atom. The van der Waals surface area contributed by atoms with E-state index in [2.05, 4.69) is 29.1 Å². The fourth-order valence-corrected chi connectivity index (χ4v) is 1.39. The van der Waals surface area contributed by atoms with Crippen molar-refractivity contribution in [1.29, 1.82) is 0 Å². The Kier molecular flexibility index (Phi) is 4.60. The molecule has 1 heterocycles. The molecule has 0 aromatic carbocycles. The summed E-state index contributed by atoms with van der Waals surface area (Å²) in [5.74, 6) is 0.737. The fourth-order valence-electron chi connectivity index (χ4n) is 1.39. The molecule has 0 spiro atoms. The lowest BCUT2D eigenvalue weighted by atomic mass is 10.1. The number of rotatable bonds is 5. The van der Waals surface area contributed by atoms with Crippen LogP contribution in [0.5, 0.6) is 0 Å². The number of aryl methyl sites for hydroxylation is 1. The van der Waals surface area contributed by atoms with Gasteiger partial charge in [0.2, 0.25) is 0 Å². The van der Waals surface area contributed by atoms with Crippen LogP contribution in [-0.4, -0.2) is 23.1 Å². The summed E-state index contributed by atoms with van der Waals surface area (Å²) in [6, 6.07) is 2.45. The zero-order valence-electron chi connectivity index (χ0n) is 11.7. The molecule has 4 nitrogen and oxygen atoms in total. The topological polar surface area (TPSA) is 47.0 Å². The zero-order valence-corrected chi connectivity index (χ0v) is 11.7. The number of nitrogens with one attached hydrogen (secondary N) is 1. The molecular weight excluding hydrogens is 214 g/mol. The molecule has 1 rings (SSSR count). The Labute approximate surface area is 104 Å². The van der Waals surface area contributed by atoms with E-state index in [1.54, 1.807) is 7.11 Å². The van der Waals surface area contributed by atoms with Crippen LogP contribution >= 0.6 is 0 Å². The summed E-state index contributed by atoms with van der Waals surface area (Å²) < 4.78 is 5.41. The van der Waals surface area contributed by atoms with Crippen LogP contribution in [0.1, 0.15) is 44.9 Å². The summed E-state index contributed by atoms with van der Waals surface area (Å²) in [5, 5.41) is 3.35. The monoisotopic (exact) mass is 237 g/mol. The maximum atomic E-state index is 5.41.